The average molecular weight is 388 g/mol. The first kappa shape index (κ1) is 20.3. The van der Waals surface area contributed by atoms with Gasteiger partial charge in [0.1, 0.15) is 5.75 Å². The lowest BCUT2D eigenvalue weighted by Crippen LogP contribution is -2.19. The Morgan fingerprint density at radius 2 is 1.21 bits per heavy atom. The van der Waals surface area contributed by atoms with Crippen LogP contribution in [-0.4, -0.2) is 19.0 Å². The number of hydrogen-bond acceptors (Lipinski definition) is 4. The summed E-state index contributed by atoms with van der Waals surface area (Å²) in [5, 5.41) is 0. The molecule has 0 fully saturated rings. The third-order valence-corrected chi connectivity index (χ3v) is 5.11. The van der Waals surface area contributed by atoms with Crippen LogP contribution in [0.5, 0.6) is 5.75 Å². The summed E-state index contributed by atoms with van der Waals surface area (Å²) < 4.78 is 10.2. The lowest BCUT2D eigenvalue weighted by atomic mass is 9.78. The number of benzene rings is 3. The van der Waals surface area contributed by atoms with Crippen LogP contribution < -0.4 is 4.74 Å². The summed E-state index contributed by atoms with van der Waals surface area (Å²) in [5.41, 5.74) is 3.70. The minimum absolute atomic E-state index is 0.170. The maximum absolute atomic E-state index is 12.6. The van der Waals surface area contributed by atoms with Crippen molar-refractivity contribution in [2.24, 2.45) is 0 Å². The lowest BCUT2D eigenvalue weighted by molar-refractivity contribution is 0.0587. The fourth-order valence-electron chi connectivity index (χ4n) is 3.19. The second kappa shape index (κ2) is 8.31. The second-order valence-corrected chi connectivity index (χ2v) is 7.44. The normalized spacial score (nSPS) is 11.0. The molecule has 0 N–H and O–H groups in total. The second-order valence-electron chi connectivity index (χ2n) is 7.44. The molecular weight excluding hydrogens is 364 g/mol. The number of esters is 2. The molecule has 0 radical (unpaired) electrons. The van der Waals surface area contributed by atoms with Crippen molar-refractivity contribution < 1.29 is 19.1 Å². The van der Waals surface area contributed by atoms with Crippen LogP contribution in [0, 0.1) is 6.92 Å². The van der Waals surface area contributed by atoms with Crippen molar-refractivity contribution in [3.8, 4) is 5.75 Å². The molecule has 29 heavy (non-hydrogen) atoms. The number of carbonyl (C=O) groups is 2. The SMILES string of the molecule is COC(=O)c1ccccc1C(=O)Oc1ccc(C(C)(C)c2ccc(C)cc2)cc1. The first-order valence-electron chi connectivity index (χ1n) is 9.40. The van der Waals surface area contributed by atoms with Crippen molar-refractivity contribution in [2.75, 3.05) is 7.11 Å². The van der Waals surface area contributed by atoms with Gasteiger partial charge in [-0.15, -0.1) is 0 Å². The molecule has 3 rings (SSSR count). The van der Waals surface area contributed by atoms with Crippen molar-refractivity contribution >= 4 is 11.9 Å². The summed E-state index contributed by atoms with van der Waals surface area (Å²) in [6.07, 6.45) is 0. The molecule has 3 aromatic carbocycles. The molecule has 0 bridgehead atoms. The van der Waals surface area contributed by atoms with Crippen LogP contribution in [0.2, 0.25) is 0 Å². The molecule has 0 aliphatic rings. The highest BCUT2D eigenvalue weighted by molar-refractivity contribution is 6.03. The van der Waals surface area contributed by atoms with Gasteiger partial charge in [-0.05, 0) is 42.3 Å². The first-order chi connectivity index (χ1) is 13.8. The van der Waals surface area contributed by atoms with E-state index in [2.05, 4.69) is 45.0 Å². The molecule has 3 aromatic rings. The Morgan fingerprint density at radius 1 is 0.724 bits per heavy atom. The third kappa shape index (κ3) is 4.37. The molecule has 0 amide bonds. The van der Waals surface area contributed by atoms with E-state index in [1.165, 1.54) is 24.3 Å². The van der Waals surface area contributed by atoms with E-state index in [4.69, 9.17) is 9.47 Å². The van der Waals surface area contributed by atoms with E-state index in [0.29, 0.717) is 5.75 Å². The molecule has 0 aliphatic heterocycles. The Labute approximate surface area is 171 Å². The number of hydrogen-bond donors (Lipinski definition) is 0. The monoisotopic (exact) mass is 388 g/mol. The summed E-state index contributed by atoms with van der Waals surface area (Å²) in [6, 6.07) is 22.3. The van der Waals surface area contributed by atoms with Gasteiger partial charge in [-0.3, -0.25) is 0 Å². The fraction of sp³-hybridized carbons (Fsp3) is 0.200. The van der Waals surface area contributed by atoms with Crippen LogP contribution in [0.1, 0.15) is 51.3 Å². The van der Waals surface area contributed by atoms with Crippen LogP contribution in [0.3, 0.4) is 0 Å². The highest BCUT2D eigenvalue weighted by atomic mass is 16.5. The smallest absolute Gasteiger partial charge is 0.344 e. The fourth-order valence-corrected chi connectivity index (χ4v) is 3.19. The van der Waals surface area contributed by atoms with Crippen LogP contribution in [0.4, 0.5) is 0 Å². The Balaban J connectivity index is 1.80. The predicted octanol–water partition coefficient (Wildman–Crippen LogP) is 5.33. The summed E-state index contributed by atoms with van der Waals surface area (Å²) >= 11 is 0. The summed E-state index contributed by atoms with van der Waals surface area (Å²) in [4.78, 5) is 24.4. The molecule has 0 aromatic heterocycles. The Morgan fingerprint density at radius 3 is 1.72 bits per heavy atom. The molecule has 0 spiro atoms. The molecule has 0 atom stereocenters. The minimum Gasteiger partial charge on any atom is -0.465 e. The molecule has 0 unspecified atom stereocenters. The topological polar surface area (TPSA) is 52.6 Å². The van der Waals surface area contributed by atoms with E-state index < -0.39 is 11.9 Å². The zero-order valence-electron chi connectivity index (χ0n) is 17.1. The molecule has 4 nitrogen and oxygen atoms in total. The van der Waals surface area contributed by atoms with Gasteiger partial charge >= 0.3 is 11.9 Å². The molecule has 148 valence electrons. The van der Waals surface area contributed by atoms with Crippen LogP contribution in [0.15, 0.2) is 72.8 Å². The molecule has 0 aliphatic carbocycles. The number of aryl methyl sites for hydroxylation is 1. The maximum Gasteiger partial charge on any atom is 0.344 e. The van der Waals surface area contributed by atoms with Gasteiger partial charge in [0.2, 0.25) is 0 Å². The van der Waals surface area contributed by atoms with E-state index in [0.717, 1.165) is 5.56 Å². The van der Waals surface area contributed by atoms with E-state index in [9.17, 15) is 9.59 Å². The zero-order chi connectivity index (χ0) is 21.0. The largest absolute Gasteiger partial charge is 0.465 e. The van der Waals surface area contributed by atoms with Crippen molar-refractivity contribution in [2.45, 2.75) is 26.2 Å². The minimum atomic E-state index is -0.600. The number of ether oxygens (including phenoxy) is 2. The average Bonchev–Trinajstić information content (AvgIpc) is 2.74. The lowest BCUT2D eigenvalue weighted by Gasteiger charge is -2.26. The molecule has 0 saturated heterocycles. The highest BCUT2D eigenvalue weighted by Gasteiger charge is 2.23. The third-order valence-electron chi connectivity index (χ3n) is 5.11. The van der Waals surface area contributed by atoms with E-state index in [1.54, 1.807) is 30.3 Å². The van der Waals surface area contributed by atoms with Gasteiger partial charge in [0, 0.05) is 5.41 Å². The van der Waals surface area contributed by atoms with Gasteiger partial charge < -0.3 is 9.47 Å². The molecule has 0 heterocycles. The predicted molar refractivity (Wildman–Crippen MR) is 112 cm³/mol. The van der Waals surface area contributed by atoms with E-state index in [1.807, 2.05) is 12.1 Å². The van der Waals surface area contributed by atoms with Gasteiger partial charge in [-0.1, -0.05) is 67.9 Å². The summed E-state index contributed by atoms with van der Waals surface area (Å²) in [6.45, 7) is 6.38. The number of carbonyl (C=O) groups excluding carboxylic acids is 2. The highest BCUT2D eigenvalue weighted by Crippen LogP contribution is 2.32. The van der Waals surface area contributed by atoms with Gasteiger partial charge in [-0.25, -0.2) is 9.59 Å². The van der Waals surface area contributed by atoms with Crippen molar-refractivity contribution in [3.63, 3.8) is 0 Å². The van der Waals surface area contributed by atoms with E-state index >= 15 is 0 Å². The number of methoxy groups -OCH3 is 1. The first-order valence-corrected chi connectivity index (χ1v) is 9.40. The summed E-state index contributed by atoms with van der Waals surface area (Å²) in [7, 11) is 1.28. The molecule has 4 heteroatoms. The van der Waals surface area contributed by atoms with Crippen LogP contribution >= 0.6 is 0 Å². The van der Waals surface area contributed by atoms with Crippen molar-refractivity contribution in [1.29, 1.82) is 0 Å². The quantitative estimate of drug-likeness (QED) is 0.438. The van der Waals surface area contributed by atoms with Gasteiger partial charge in [0.15, 0.2) is 0 Å². The molecular formula is C25H24O4. The standard InChI is InChI=1S/C25H24O4/c1-17-9-11-18(12-10-17)25(2,3)19-13-15-20(16-14-19)29-24(27)22-8-6-5-7-21(22)23(26)28-4/h5-16H,1-4H3. The van der Waals surface area contributed by atoms with E-state index in [-0.39, 0.29) is 16.5 Å². The number of rotatable bonds is 5. The molecule has 0 saturated carbocycles. The summed E-state index contributed by atoms with van der Waals surface area (Å²) in [5.74, 6) is -0.762. The Bertz CT molecular complexity index is 1020. The van der Waals surface area contributed by atoms with Crippen LogP contribution in [0.25, 0.3) is 0 Å². The Hall–Kier alpha value is -3.40. The zero-order valence-corrected chi connectivity index (χ0v) is 17.1. The van der Waals surface area contributed by atoms with Gasteiger partial charge in [0.25, 0.3) is 0 Å². The van der Waals surface area contributed by atoms with Crippen molar-refractivity contribution in [3.05, 3.63) is 101 Å². The van der Waals surface area contributed by atoms with Crippen LogP contribution in [-0.2, 0) is 10.2 Å². The van der Waals surface area contributed by atoms with Crippen molar-refractivity contribution in [1.82, 2.24) is 0 Å². The Kier molecular flexibility index (Phi) is 5.83. The van der Waals surface area contributed by atoms with Gasteiger partial charge in [-0.2, -0.15) is 0 Å². The maximum atomic E-state index is 12.6. The van der Waals surface area contributed by atoms with Gasteiger partial charge in [0.05, 0.1) is 18.2 Å².